The molecular formula is C27H34ClN5O3. The van der Waals surface area contributed by atoms with Crippen LogP contribution in [0.25, 0.3) is 11.0 Å². The maximum Gasteiger partial charge on any atom is 0.407 e. The second-order valence-corrected chi connectivity index (χ2v) is 11.0. The summed E-state index contributed by atoms with van der Waals surface area (Å²) < 4.78 is 2.09. The molecule has 1 aliphatic heterocycles. The largest absolute Gasteiger partial charge is 0.465 e. The van der Waals surface area contributed by atoms with Gasteiger partial charge >= 0.3 is 6.09 Å². The van der Waals surface area contributed by atoms with Crippen molar-refractivity contribution in [2.24, 2.45) is 5.41 Å². The highest BCUT2D eigenvalue weighted by molar-refractivity contribution is 6.30. The minimum Gasteiger partial charge on any atom is -0.465 e. The molecule has 0 bridgehead atoms. The van der Waals surface area contributed by atoms with Gasteiger partial charge in [0.1, 0.15) is 0 Å². The van der Waals surface area contributed by atoms with E-state index < -0.39 is 6.09 Å². The number of halogens is 1. The summed E-state index contributed by atoms with van der Waals surface area (Å²) in [5.74, 6) is 0.220. The number of carboxylic acid groups (broad SMARTS) is 1. The van der Waals surface area contributed by atoms with E-state index >= 15 is 0 Å². The number of nitrogens with one attached hydrogen (secondary N) is 2. The molecule has 2 aromatic carbocycles. The summed E-state index contributed by atoms with van der Waals surface area (Å²) in [4.78, 5) is 31.3. The number of benzene rings is 2. The highest BCUT2D eigenvalue weighted by atomic mass is 35.5. The smallest absolute Gasteiger partial charge is 0.407 e. The minimum atomic E-state index is -0.952. The Bertz CT molecular complexity index is 1240. The predicted molar refractivity (Wildman–Crippen MR) is 143 cm³/mol. The van der Waals surface area contributed by atoms with Gasteiger partial charge in [0.15, 0.2) is 0 Å². The van der Waals surface area contributed by atoms with E-state index in [1.54, 1.807) is 24.3 Å². The molecule has 1 aromatic heterocycles. The van der Waals surface area contributed by atoms with Crippen LogP contribution in [-0.2, 0) is 6.54 Å². The summed E-state index contributed by atoms with van der Waals surface area (Å²) in [6.45, 7) is 10.0. The zero-order valence-corrected chi connectivity index (χ0v) is 22.0. The second kappa shape index (κ2) is 10.5. The molecule has 0 spiro atoms. The normalized spacial score (nSPS) is 17.1. The molecule has 192 valence electrons. The number of fused-ring (bicyclic) bond motifs is 1. The number of nitrogens with zero attached hydrogens (tertiary/aromatic N) is 3. The lowest BCUT2D eigenvalue weighted by Crippen LogP contribution is -2.44. The van der Waals surface area contributed by atoms with Crippen LogP contribution in [0.4, 0.5) is 10.7 Å². The van der Waals surface area contributed by atoms with Crippen LogP contribution in [0.15, 0.2) is 42.5 Å². The number of anilines is 1. The highest BCUT2D eigenvalue weighted by Crippen LogP contribution is 2.31. The van der Waals surface area contributed by atoms with E-state index in [1.165, 1.54) is 4.90 Å². The first kappa shape index (κ1) is 26.0. The van der Waals surface area contributed by atoms with Crippen LogP contribution in [0.3, 0.4) is 0 Å². The standard InChI is InChI=1S/C27H34ClN5O3/c1-17(27(2,3)4)32(26(35)36)16-18-7-12-23-22(14-18)30-25(33(23)21-6-5-13-29-15-21)31-24(34)19-8-10-20(28)11-9-19/h7-12,14,17,21,29H,5-6,13,15-16H2,1-4H3,(H,35,36)(H,30,31,34). The zero-order chi connectivity index (χ0) is 26.0. The number of piperidine rings is 1. The van der Waals surface area contributed by atoms with Crippen LogP contribution < -0.4 is 10.6 Å². The third kappa shape index (κ3) is 5.65. The maximum absolute atomic E-state index is 13.0. The Balaban J connectivity index is 1.69. The van der Waals surface area contributed by atoms with Crippen molar-refractivity contribution in [1.82, 2.24) is 19.8 Å². The van der Waals surface area contributed by atoms with Crippen LogP contribution in [0, 0.1) is 5.41 Å². The van der Waals surface area contributed by atoms with E-state index in [0.29, 0.717) is 16.5 Å². The Morgan fingerprint density at radius 2 is 1.97 bits per heavy atom. The fourth-order valence-electron chi connectivity index (χ4n) is 4.56. The molecule has 0 radical (unpaired) electrons. The first-order chi connectivity index (χ1) is 17.0. The lowest BCUT2D eigenvalue weighted by atomic mass is 9.87. The predicted octanol–water partition coefficient (Wildman–Crippen LogP) is 5.78. The number of imidazole rings is 1. The summed E-state index contributed by atoms with van der Waals surface area (Å²) in [5.41, 5.74) is 2.77. The van der Waals surface area contributed by atoms with Gasteiger partial charge in [-0.1, -0.05) is 38.4 Å². The van der Waals surface area contributed by atoms with Gasteiger partial charge in [0, 0.05) is 35.8 Å². The van der Waals surface area contributed by atoms with Crippen molar-refractivity contribution in [1.29, 1.82) is 0 Å². The average Bonchev–Trinajstić information content (AvgIpc) is 3.19. The van der Waals surface area contributed by atoms with E-state index in [4.69, 9.17) is 16.6 Å². The number of hydrogen-bond acceptors (Lipinski definition) is 4. The molecule has 9 heteroatoms. The number of carbonyl (C=O) groups is 2. The van der Waals surface area contributed by atoms with Gasteiger partial charge in [-0.15, -0.1) is 0 Å². The Kier molecular flexibility index (Phi) is 7.57. The van der Waals surface area contributed by atoms with E-state index in [2.05, 4.69) is 15.2 Å². The number of carbonyl (C=O) groups excluding carboxylic acids is 1. The highest BCUT2D eigenvalue weighted by Gasteiger charge is 2.30. The van der Waals surface area contributed by atoms with Crippen molar-refractivity contribution in [2.75, 3.05) is 18.4 Å². The van der Waals surface area contributed by atoms with Crippen molar-refractivity contribution in [2.45, 2.75) is 59.2 Å². The molecule has 2 heterocycles. The van der Waals surface area contributed by atoms with Crippen LogP contribution in [-0.4, -0.2) is 50.7 Å². The van der Waals surface area contributed by atoms with Crippen molar-refractivity contribution >= 4 is 40.6 Å². The Hall–Kier alpha value is -3.10. The molecule has 2 atom stereocenters. The summed E-state index contributed by atoms with van der Waals surface area (Å²) >= 11 is 5.98. The fourth-order valence-corrected chi connectivity index (χ4v) is 4.69. The molecule has 2 unspecified atom stereocenters. The summed E-state index contributed by atoms with van der Waals surface area (Å²) in [6, 6.07) is 12.6. The quantitative estimate of drug-likeness (QED) is 0.389. The third-order valence-electron chi connectivity index (χ3n) is 7.04. The first-order valence-electron chi connectivity index (χ1n) is 12.3. The second-order valence-electron chi connectivity index (χ2n) is 10.5. The van der Waals surface area contributed by atoms with E-state index in [-0.39, 0.29) is 30.0 Å². The number of rotatable bonds is 6. The third-order valence-corrected chi connectivity index (χ3v) is 7.29. The van der Waals surface area contributed by atoms with E-state index in [1.807, 2.05) is 45.9 Å². The number of hydrogen-bond donors (Lipinski definition) is 3. The van der Waals surface area contributed by atoms with Gasteiger partial charge in [0.05, 0.1) is 11.0 Å². The SMILES string of the molecule is CC(N(Cc1ccc2c(c1)nc(NC(=O)c1ccc(Cl)cc1)n2C1CCCNC1)C(=O)O)C(C)(C)C. The molecular weight excluding hydrogens is 478 g/mol. The molecule has 8 nitrogen and oxygen atoms in total. The van der Waals surface area contributed by atoms with Crippen LogP contribution in [0.5, 0.6) is 0 Å². The molecule has 3 N–H and O–H groups in total. The summed E-state index contributed by atoms with van der Waals surface area (Å²) in [6.07, 6.45) is 1.05. The van der Waals surface area contributed by atoms with Gasteiger partial charge < -0.3 is 19.9 Å². The van der Waals surface area contributed by atoms with Crippen molar-refractivity contribution in [3.8, 4) is 0 Å². The lowest BCUT2D eigenvalue weighted by Gasteiger charge is -2.36. The average molecular weight is 512 g/mol. The Morgan fingerprint density at radius 3 is 2.58 bits per heavy atom. The lowest BCUT2D eigenvalue weighted by molar-refractivity contribution is 0.0858. The molecule has 0 aliphatic carbocycles. The van der Waals surface area contributed by atoms with E-state index in [0.717, 1.165) is 42.5 Å². The molecule has 2 amide bonds. The number of amides is 2. The molecule has 1 fully saturated rings. The van der Waals surface area contributed by atoms with Crippen LogP contribution >= 0.6 is 11.6 Å². The number of aromatic nitrogens is 2. The van der Waals surface area contributed by atoms with Gasteiger partial charge in [-0.3, -0.25) is 10.1 Å². The first-order valence-corrected chi connectivity index (χ1v) is 12.7. The van der Waals surface area contributed by atoms with Gasteiger partial charge in [0.2, 0.25) is 5.95 Å². The zero-order valence-electron chi connectivity index (χ0n) is 21.2. The van der Waals surface area contributed by atoms with Crippen molar-refractivity contribution < 1.29 is 14.7 Å². The molecule has 4 rings (SSSR count). The molecule has 1 aliphatic rings. The molecule has 3 aromatic rings. The monoisotopic (exact) mass is 511 g/mol. The van der Waals surface area contributed by atoms with Gasteiger partial charge in [0.25, 0.3) is 5.91 Å². The molecule has 0 saturated carbocycles. The summed E-state index contributed by atoms with van der Waals surface area (Å²) in [5, 5.41) is 16.9. The Labute approximate surface area is 216 Å². The van der Waals surface area contributed by atoms with Gasteiger partial charge in [-0.05, 0) is 73.7 Å². The van der Waals surface area contributed by atoms with Crippen LogP contribution in [0.2, 0.25) is 5.02 Å². The van der Waals surface area contributed by atoms with Gasteiger partial charge in [-0.25, -0.2) is 9.78 Å². The fraction of sp³-hybridized carbons (Fsp3) is 0.444. The molecule has 1 saturated heterocycles. The van der Waals surface area contributed by atoms with E-state index in [9.17, 15) is 14.7 Å². The van der Waals surface area contributed by atoms with Crippen LogP contribution in [0.1, 0.15) is 62.5 Å². The van der Waals surface area contributed by atoms with Gasteiger partial charge in [-0.2, -0.15) is 0 Å². The van der Waals surface area contributed by atoms with Crippen molar-refractivity contribution in [3.63, 3.8) is 0 Å². The minimum absolute atomic E-state index is 0.145. The topological polar surface area (TPSA) is 99.5 Å². The molecule has 36 heavy (non-hydrogen) atoms. The maximum atomic E-state index is 13.0. The Morgan fingerprint density at radius 1 is 1.25 bits per heavy atom. The van der Waals surface area contributed by atoms with Crippen molar-refractivity contribution in [3.05, 3.63) is 58.6 Å². The summed E-state index contributed by atoms with van der Waals surface area (Å²) in [7, 11) is 0.